The van der Waals surface area contributed by atoms with Crippen LogP contribution in [0.1, 0.15) is 6.92 Å². The maximum atomic E-state index is 9.38. The van der Waals surface area contributed by atoms with Crippen molar-refractivity contribution >= 4 is 0 Å². The first-order valence-electron chi connectivity index (χ1n) is 3.58. The SMILES string of the molecule is CNC[C@@H](O)C(C)N(C)C. The molecule has 0 fully saturated rings. The second kappa shape index (κ2) is 4.66. The molecule has 0 aliphatic carbocycles. The number of aliphatic hydroxyl groups excluding tert-OH is 1. The van der Waals surface area contributed by atoms with E-state index in [-0.39, 0.29) is 12.1 Å². The van der Waals surface area contributed by atoms with E-state index in [0.29, 0.717) is 6.54 Å². The van der Waals surface area contributed by atoms with E-state index in [2.05, 4.69) is 5.32 Å². The van der Waals surface area contributed by atoms with Crippen LogP contribution < -0.4 is 5.32 Å². The normalized spacial score (nSPS) is 17.4. The molecule has 0 saturated heterocycles. The van der Waals surface area contributed by atoms with Gasteiger partial charge >= 0.3 is 0 Å². The van der Waals surface area contributed by atoms with Gasteiger partial charge in [-0.3, -0.25) is 0 Å². The monoisotopic (exact) mass is 146 g/mol. The van der Waals surface area contributed by atoms with E-state index in [9.17, 15) is 5.11 Å². The van der Waals surface area contributed by atoms with Crippen LogP contribution in [0.25, 0.3) is 0 Å². The summed E-state index contributed by atoms with van der Waals surface area (Å²) < 4.78 is 0. The average molecular weight is 146 g/mol. The lowest BCUT2D eigenvalue weighted by Crippen LogP contribution is -2.41. The number of aliphatic hydroxyl groups is 1. The molecule has 0 aromatic rings. The highest BCUT2D eigenvalue weighted by molar-refractivity contribution is 4.71. The summed E-state index contributed by atoms with van der Waals surface area (Å²) in [6.07, 6.45) is -0.278. The minimum absolute atomic E-state index is 0.215. The fraction of sp³-hybridized carbons (Fsp3) is 1.00. The van der Waals surface area contributed by atoms with E-state index in [1.807, 2.05) is 33.0 Å². The molecule has 62 valence electrons. The summed E-state index contributed by atoms with van der Waals surface area (Å²) in [4.78, 5) is 2.00. The second-order valence-electron chi connectivity index (χ2n) is 2.83. The lowest BCUT2D eigenvalue weighted by Gasteiger charge is -2.24. The predicted molar refractivity (Wildman–Crippen MR) is 43.1 cm³/mol. The van der Waals surface area contributed by atoms with Gasteiger partial charge in [-0.2, -0.15) is 0 Å². The molecule has 0 rings (SSSR count). The van der Waals surface area contributed by atoms with Crippen molar-refractivity contribution in [2.45, 2.75) is 19.1 Å². The van der Waals surface area contributed by atoms with Gasteiger partial charge in [-0.05, 0) is 28.1 Å². The summed E-state index contributed by atoms with van der Waals surface area (Å²) in [5, 5.41) is 12.3. The molecule has 10 heavy (non-hydrogen) atoms. The molecule has 3 heteroatoms. The number of hydrogen-bond acceptors (Lipinski definition) is 3. The lowest BCUT2D eigenvalue weighted by molar-refractivity contribution is 0.0868. The number of hydrogen-bond donors (Lipinski definition) is 2. The van der Waals surface area contributed by atoms with Gasteiger partial charge in [-0.15, -0.1) is 0 Å². The molecule has 0 heterocycles. The third-order valence-electron chi connectivity index (χ3n) is 1.78. The summed E-state index contributed by atoms with van der Waals surface area (Å²) in [5.74, 6) is 0. The summed E-state index contributed by atoms with van der Waals surface area (Å²) in [5.41, 5.74) is 0. The first-order chi connectivity index (χ1) is 4.59. The van der Waals surface area contributed by atoms with E-state index in [4.69, 9.17) is 0 Å². The Hall–Kier alpha value is -0.120. The van der Waals surface area contributed by atoms with Gasteiger partial charge in [-0.1, -0.05) is 0 Å². The van der Waals surface area contributed by atoms with Gasteiger partial charge in [0.15, 0.2) is 0 Å². The average Bonchev–Trinajstić information content (AvgIpc) is 1.87. The van der Waals surface area contributed by atoms with Gasteiger partial charge in [0.25, 0.3) is 0 Å². The molecule has 2 atom stereocenters. The van der Waals surface area contributed by atoms with Crippen LogP contribution in [-0.4, -0.2) is 49.8 Å². The summed E-state index contributed by atoms with van der Waals surface area (Å²) in [7, 11) is 5.76. The van der Waals surface area contributed by atoms with Gasteiger partial charge in [-0.25, -0.2) is 0 Å². The third kappa shape index (κ3) is 3.15. The summed E-state index contributed by atoms with van der Waals surface area (Å²) in [6, 6.07) is 0.215. The lowest BCUT2D eigenvalue weighted by atomic mass is 10.2. The highest BCUT2D eigenvalue weighted by Gasteiger charge is 2.14. The van der Waals surface area contributed by atoms with Gasteiger partial charge in [0, 0.05) is 12.6 Å². The van der Waals surface area contributed by atoms with Gasteiger partial charge in [0.2, 0.25) is 0 Å². The smallest absolute Gasteiger partial charge is 0.0816 e. The molecule has 0 amide bonds. The zero-order valence-corrected chi connectivity index (χ0v) is 7.26. The molecule has 0 radical (unpaired) electrons. The largest absolute Gasteiger partial charge is 0.390 e. The van der Waals surface area contributed by atoms with E-state index >= 15 is 0 Å². The Labute approximate surface area is 63.0 Å². The van der Waals surface area contributed by atoms with E-state index in [1.165, 1.54) is 0 Å². The van der Waals surface area contributed by atoms with Gasteiger partial charge in [0.1, 0.15) is 0 Å². The quantitative estimate of drug-likeness (QED) is 0.562. The molecule has 2 N–H and O–H groups in total. The van der Waals surface area contributed by atoms with Crippen molar-refractivity contribution in [1.82, 2.24) is 10.2 Å². The zero-order valence-electron chi connectivity index (χ0n) is 7.26. The highest BCUT2D eigenvalue weighted by Crippen LogP contribution is 1.97. The third-order valence-corrected chi connectivity index (χ3v) is 1.78. The van der Waals surface area contributed by atoms with Crippen LogP contribution in [-0.2, 0) is 0 Å². The van der Waals surface area contributed by atoms with Crippen LogP contribution in [0.15, 0.2) is 0 Å². The number of nitrogens with zero attached hydrogens (tertiary/aromatic N) is 1. The van der Waals surface area contributed by atoms with E-state index in [0.717, 1.165) is 0 Å². The molecule has 0 saturated carbocycles. The topological polar surface area (TPSA) is 35.5 Å². The first kappa shape index (κ1) is 9.88. The van der Waals surface area contributed by atoms with Gasteiger partial charge < -0.3 is 15.3 Å². The Kier molecular flexibility index (Phi) is 4.60. The molecule has 0 aromatic carbocycles. The fourth-order valence-electron chi connectivity index (χ4n) is 0.724. The van der Waals surface area contributed by atoms with Crippen molar-refractivity contribution in [3.8, 4) is 0 Å². The molecular weight excluding hydrogens is 128 g/mol. The maximum absolute atomic E-state index is 9.38. The Morgan fingerprint density at radius 2 is 2.00 bits per heavy atom. The molecule has 3 nitrogen and oxygen atoms in total. The van der Waals surface area contributed by atoms with Crippen LogP contribution >= 0.6 is 0 Å². The fourth-order valence-corrected chi connectivity index (χ4v) is 0.724. The van der Waals surface area contributed by atoms with Crippen molar-refractivity contribution in [2.75, 3.05) is 27.7 Å². The molecule has 0 aromatic heterocycles. The minimum Gasteiger partial charge on any atom is -0.390 e. The van der Waals surface area contributed by atoms with Crippen molar-refractivity contribution < 1.29 is 5.11 Å². The van der Waals surface area contributed by atoms with Crippen molar-refractivity contribution in [3.05, 3.63) is 0 Å². The van der Waals surface area contributed by atoms with Crippen LogP contribution in [0.3, 0.4) is 0 Å². The Morgan fingerprint density at radius 3 is 2.30 bits per heavy atom. The van der Waals surface area contributed by atoms with Crippen LogP contribution in [0, 0.1) is 0 Å². The Bertz CT molecular complexity index is 85.7. The maximum Gasteiger partial charge on any atom is 0.0816 e. The Balaban J connectivity index is 3.58. The number of rotatable bonds is 4. The highest BCUT2D eigenvalue weighted by atomic mass is 16.3. The van der Waals surface area contributed by atoms with Crippen molar-refractivity contribution in [3.63, 3.8) is 0 Å². The van der Waals surface area contributed by atoms with E-state index in [1.54, 1.807) is 0 Å². The molecule has 0 spiro atoms. The molecule has 0 bridgehead atoms. The van der Waals surface area contributed by atoms with Crippen LogP contribution in [0.2, 0.25) is 0 Å². The first-order valence-corrected chi connectivity index (χ1v) is 3.58. The number of likely N-dealkylation sites (N-methyl/N-ethyl adjacent to an activating group) is 2. The number of nitrogens with one attached hydrogen (secondary N) is 1. The van der Waals surface area contributed by atoms with Gasteiger partial charge in [0.05, 0.1) is 6.10 Å². The van der Waals surface area contributed by atoms with Crippen molar-refractivity contribution in [2.24, 2.45) is 0 Å². The predicted octanol–water partition coefficient (Wildman–Crippen LogP) is -0.483. The zero-order chi connectivity index (χ0) is 8.15. The second-order valence-corrected chi connectivity index (χ2v) is 2.83. The summed E-state index contributed by atoms with van der Waals surface area (Å²) in [6.45, 7) is 2.65. The Morgan fingerprint density at radius 1 is 1.50 bits per heavy atom. The van der Waals surface area contributed by atoms with Crippen molar-refractivity contribution in [1.29, 1.82) is 0 Å². The summed E-state index contributed by atoms with van der Waals surface area (Å²) >= 11 is 0. The van der Waals surface area contributed by atoms with E-state index < -0.39 is 0 Å². The van der Waals surface area contributed by atoms with Crippen LogP contribution in [0.5, 0.6) is 0 Å². The van der Waals surface area contributed by atoms with Crippen LogP contribution in [0.4, 0.5) is 0 Å². The minimum atomic E-state index is -0.278. The standard InChI is InChI=1S/C7H18N2O/c1-6(9(3)4)7(10)5-8-2/h6-8,10H,5H2,1-4H3/t6?,7-/m1/s1. The molecule has 1 unspecified atom stereocenters. The molecule has 0 aliphatic heterocycles. The molecular formula is C7H18N2O. The molecule has 0 aliphatic rings.